The zero-order chi connectivity index (χ0) is 26.0. The SMILES string of the molecule is NC(=O)N(c1ccccc1)c1cccc(-c2c(Cc3ccccc3)cnc3c(C(F)(F)F)cccc23)c1. The molecule has 37 heavy (non-hydrogen) atoms. The van der Waals surface area contributed by atoms with Gasteiger partial charge in [-0.15, -0.1) is 0 Å². The van der Waals surface area contributed by atoms with Crippen LogP contribution in [0.1, 0.15) is 16.7 Å². The van der Waals surface area contributed by atoms with E-state index >= 15 is 0 Å². The largest absolute Gasteiger partial charge is 0.418 e. The molecular formula is C30H22F3N3O. The van der Waals surface area contributed by atoms with Crippen LogP contribution in [0.4, 0.5) is 29.3 Å². The van der Waals surface area contributed by atoms with Gasteiger partial charge in [0.1, 0.15) is 0 Å². The fourth-order valence-corrected chi connectivity index (χ4v) is 4.56. The van der Waals surface area contributed by atoms with Crippen molar-refractivity contribution in [2.24, 2.45) is 5.73 Å². The average molecular weight is 498 g/mol. The molecule has 0 atom stereocenters. The van der Waals surface area contributed by atoms with Crippen LogP contribution in [-0.2, 0) is 12.6 Å². The van der Waals surface area contributed by atoms with Crippen molar-refractivity contribution in [2.45, 2.75) is 12.6 Å². The Labute approximate surface area is 211 Å². The highest BCUT2D eigenvalue weighted by atomic mass is 19.4. The number of primary amides is 1. The summed E-state index contributed by atoms with van der Waals surface area (Å²) in [5.41, 5.74) is 8.93. The molecule has 0 aliphatic heterocycles. The van der Waals surface area contributed by atoms with E-state index in [9.17, 15) is 18.0 Å². The third-order valence-corrected chi connectivity index (χ3v) is 6.15. The maximum atomic E-state index is 13.8. The highest BCUT2D eigenvalue weighted by Gasteiger charge is 2.33. The van der Waals surface area contributed by atoms with Gasteiger partial charge in [0.15, 0.2) is 0 Å². The maximum absolute atomic E-state index is 13.8. The average Bonchev–Trinajstić information content (AvgIpc) is 2.89. The molecule has 4 nitrogen and oxygen atoms in total. The van der Waals surface area contributed by atoms with Crippen LogP contribution >= 0.6 is 0 Å². The molecule has 1 heterocycles. The van der Waals surface area contributed by atoms with Gasteiger partial charge in [0.25, 0.3) is 0 Å². The molecule has 0 aliphatic carbocycles. The van der Waals surface area contributed by atoms with E-state index in [1.165, 1.54) is 17.2 Å². The third kappa shape index (κ3) is 4.89. The van der Waals surface area contributed by atoms with Crippen molar-refractivity contribution in [3.05, 3.63) is 126 Å². The van der Waals surface area contributed by atoms with Gasteiger partial charge in [-0.3, -0.25) is 9.88 Å². The lowest BCUT2D eigenvalue weighted by Crippen LogP contribution is -2.31. The highest BCUT2D eigenvalue weighted by Crippen LogP contribution is 2.40. The predicted molar refractivity (Wildman–Crippen MR) is 140 cm³/mol. The van der Waals surface area contributed by atoms with E-state index in [4.69, 9.17) is 5.73 Å². The van der Waals surface area contributed by atoms with Crippen LogP contribution in [-0.4, -0.2) is 11.0 Å². The summed E-state index contributed by atoms with van der Waals surface area (Å²) in [5, 5.41) is 0.380. The summed E-state index contributed by atoms with van der Waals surface area (Å²) in [5.74, 6) is 0. The molecule has 0 radical (unpaired) electrons. The van der Waals surface area contributed by atoms with Crippen LogP contribution in [0.3, 0.4) is 0 Å². The number of para-hydroxylation sites is 2. The molecular weight excluding hydrogens is 475 g/mol. The van der Waals surface area contributed by atoms with E-state index in [1.54, 1.807) is 48.5 Å². The van der Waals surface area contributed by atoms with Gasteiger partial charge in [-0.1, -0.05) is 72.8 Å². The minimum Gasteiger partial charge on any atom is -0.351 e. The van der Waals surface area contributed by atoms with Crippen LogP contribution in [0.2, 0.25) is 0 Å². The minimum absolute atomic E-state index is 0.123. The predicted octanol–water partition coefficient (Wildman–Crippen LogP) is 7.73. The number of rotatable bonds is 5. The van der Waals surface area contributed by atoms with Gasteiger partial charge in [0.05, 0.1) is 22.5 Å². The second-order valence-corrected chi connectivity index (χ2v) is 8.58. The summed E-state index contributed by atoms with van der Waals surface area (Å²) in [6.07, 6.45) is -2.57. The van der Waals surface area contributed by atoms with Crippen molar-refractivity contribution >= 4 is 28.3 Å². The number of benzene rings is 4. The molecule has 0 fully saturated rings. The third-order valence-electron chi connectivity index (χ3n) is 6.15. The molecule has 2 N–H and O–H groups in total. The topological polar surface area (TPSA) is 59.2 Å². The molecule has 0 saturated heterocycles. The number of amides is 2. The Morgan fingerprint density at radius 2 is 1.46 bits per heavy atom. The number of urea groups is 1. The number of pyridine rings is 1. The van der Waals surface area contributed by atoms with Crippen LogP contribution in [0, 0.1) is 0 Å². The summed E-state index contributed by atoms with van der Waals surface area (Å²) < 4.78 is 41.5. The van der Waals surface area contributed by atoms with E-state index in [2.05, 4.69) is 4.98 Å². The van der Waals surface area contributed by atoms with E-state index in [1.807, 2.05) is 42.5 Å². The van der Waals surface area contributed by atoms with E-state index < -0.39 is 17.8 Å². The first-order valence-corrected chi connectivity index (χ1v) is 11.6. The number of nitrogens with zero attached hydrogens (tertiary/aromatic N) is 2. The lowest BCUT2D eigenvalue weighted by Gasteiger charge is -2.22. The number of hydrogen-bond acceptors (Lipinski definition) is 2. The molecule has 1 aromatic heterocycles. The first kappa shape index (κ1) is 24.1. The maximum Gasteiger partial charge on any atom is 0.418 e. The first-order valence-electron chi connectivity index (χ1n) is 11.6. The molecule has 0 unspecified atom stereocenters. The van der Waals surface area contributed by atoms with E-state index in [0.29, 0.717) is 34.3 Å². The monoisotopic (exact) mass is 497 g/mol. The van der Waals surface area contributed by atoms with Crippen LogP contribution in [0.25, 0.3) is 22.0 Å². The molecule has 5 aromatic rings. The van der Waals surface area contributed by atoms with Crippen molar-refractivity contribution in [1.82, 2.24) is 4.98 Å². The molecule has 5 rings (SSSR count). The van der Waals surface area contributed by atoms with E-state index in [0.717, 1.165) is 17.2 Å². The molecule has 0 aliphatic rings. The molecule has 184 valence electrons. The normalized spacial score (nSPS) is 11.4. The van der Waals surface area contributed by atoms with Crippen molar-refractivity contribution in [2.75, 3.05) is 4.90 Å². The Morgan fingerprint density at radius 1 is 0.811 bits per heavy atom. The Kier molecular flexibility index (Phi) is 6.36. The Bertz CT molecular complexity index is 1570. The van der Waals surface area contributed by atoms with Gasteiger partial charge >= 0.3 is 12.2 Å². The number of halogens is 3. The zero-order valence-electron chi connectivity index (χ0n) is 19.6. The minimum atomic E-state index is -4.55. The number of anilines is 2. The van der Waals surface area contributed by atoms with Gasteiger partial charge in [0.2, 0.25) is 0 Å². The highest BCUT2D eigenvalue weighted by molar-refractivity contribution is 6.01. The smallest absolute Gasteiger partial charge is 0.351 e. The van der Waals surface area contributed by atoms with Crippen LogP contribution in [0.15, 0.2) is 109 Å². The van der Waals surface area contributed by atoms with Crippen molar-refractivity contribution < 1.29 is 18.0 Å². The van der Waals surface area contributed by atoms with Gasteiger partial charge in [0, 0.05) is 11.6 Å². The number of aromatic nitrogens is 1. The molecule has 7 heteroatoms. The number of fused-ring (bicyclic) bond motifs is 1. The van der Waals surface area contributed by atoms with Crippen LogP contribution < -0.4 is 10.6 Å². The standard InChI is InChI=1S/C30H22F3N3O/c31-30(32,33)26-16-8-15-25-27(22(19-35-28(25)26)17-20-9-3-1-4-10-20)21-11-7-14-24(18-21)36(29(34)37)23-12-5-2-6-13-23/h1-16,18-19H,17H2,(H2,34,37). The fourth-order valence-electron chi connectivity index (χ4n) is 4.56. The molecule has 0 saturated carbocycles. The molecule has 0 bridgehead atoms. The lowest BCUT2D eigenvalue weighted by molar-refractivity contribution is -0.136. The number of carbonyl (C=O) groups is 1. The summed E-state index contributed by atoms with van der Waals surface area (Å²) >= 11 is 0. The van der Waals surface area contributed by atoms with E-state index in [-0.39, 0.29) is 5.52 Å². The summed E-state index contributed by atoms with van der Waals surface area (Å²) in [7, 11) is 0. The van der Waals surface area contributed by atoms with Crippen molar-refractivity contribution in [3.63, 3.8) is 0 Å². The number of hydrogen-bond donors (Lipinski definition) is 1. The molecule has 4 aromatic carbocycles. The zero-order valence-corrected chi connectivity index (χ0v) is 19.6. The van der Waals surface area contributed by atoms with Crippen molar-refractivity contribution in [3.8, 4) is 11.1 Å². The second kappa shape index (κ2) is 9.78. The van der Waals surface area contributed by atoms with Gasteiger partial charge < -0.3 is 5.73 Å². The molecule has 0 spiro atoms. The van der Waals surface area contributed by atoms with Gasteiger partial charge in [-0.25, -0.2) is 4.79 Å². The molecule has 2 amide bonds. The van der Waals surface area contributed by atoms with Gasteiger partial charge in [-0.2, -0.15) is 13.2 Å². The van der Waals surface area contributed by atoms with Crippen LogP contribution in [0.5, 0.6) is 0 Å². The van der Waals surface area contributed by atoms with Gasteiger partial charge in [-0.05, 0) is 59.0 Å². The Morgan fingerprint density at radius 3 is 2.14 bits per heavy atom. The fraction of sp³-hybridized carbons (Fsp3) is 0.0667. The van der Waals surface area contributed by atoms with Crippen molar-refractivity contribution in [1.29, 1.82) is 0 Å². The summed E-state index contributed by atoms with van der Waals surface area (Å²) in [4.78, 5) is 18.1. The quantitative estimate of drug-likeness (QED) is 0.270. The Hall–Kier alpha value is -4.65. The second-order valence-electron chi connectivity index (χ2n) is 8.58. The first-order chi connectivity index (χ1) is 17.8. The Balaban J connectivity index is 1.74. The lowest BCUT2D eigenvalue weighted by atomic mass is 9.91. The number of nitrogens with two attached hydrogens (primary N) is 1. The number of carbonyl (C=O) groups excluding carboxylic acids is 1. The summed E-state index contributed by atoms with van der Waals surface area (Å²) in [6, 6.07) is 29.1. The number of alkyl halides is 3. The summed E-state index contributed by atoms with van der Waals surface area (Å²) in [6.45, 7) is 0.